The van der Waals surface area contributed by atoms with Crippen molar-refractivity contribution >= 4 is 17.6 Å². The van der Waals surface area contributed by atoms with Crippen LogP contribution in [0.25, 0.3) is 0 Å². The van der Waals surface area contributed by atoms with Crippen LogP contribution in [-0.4, -0.2) is 27.0 Å². The quantitative estimate of drug-likeness (QED) is 0.793. The molecule has 0 bridgehead atoms. The van der Waals surface area contributed by atoms with E-state index in [1.165, 1.54) is 6.08 Å². The minimum absolute atomic E-state index is 0.0286. The number of ether oxygens (including phenoxy) is 1. The molecule has 2 N–H and O–H groups in total. The number of carbonyl (C=O) groups is 2. The molecule has 7 heteroatoms. The number of nitrogens with one attached hydrogen (secondary N) is 1. The Morgan fingerprint density at radius 1 is 1.23 bits per heavy atom. The Kier molecular flexibility index (Phi) is 5.20. The number of amides is 1. The summed E-state index contributed by atoms with van der Waals surface area (Å²) in [6.07, 6.45) is 5.28. The second-order valence-corrected chi connectivity index (χ2v) is 4.15. The number of rotatable bonds is 6. The molecule has 112 valence electrons. The Morgan fingerprint density at radius 2 is 2.00 bits per heavy atom. The first kappa shape index (κ1) is 15.2. The van der Waals surface area contributed by atoms with Crippen LogP contribution in [0.4, 0.5) is 5.69 Å². The third-order valence-electron chi connectivity index (χ3n) is 2.43. The lowest BCUT2D eigenvalue weighted by Crippen LogP contribution is -2.10. The third-order valence-corrected chi connectivity index (χ3v) is 2.43. The van der Waals surface area contributed by atoms with Crippen molar-refractivity contribution in [3.63, 3.8) is 0 Å². The van der Waals surface area contributed by atoms with Gasteiger partial charge in [0.05, 0.1) is 0 Å². The van der Waals surface area contributed by atoms with Crippen LogP contribution in [0.2, 0.25) is 0 Å². The van der Waals surface area contributed by atoms with Gasteiger partial charge < -0.3 is 15.2 Å². The number of benzene rings is 1. The molecule has 2 aromatic rings. The number of aliphatic carboxylic acids is 1. The molecule has 0 aliphatic carbocycles. The van der Waals surface area contributed by atoms with Gasteiger partial charge in [-0.2, -0.15) is 0 Å². The molecule has 0 radical (unpaired) electrons. The number of carbonyl (C=O) groups excluding carboxylic acids is 1. The highest BCUT2D eigenvalue weighted by atomic mass is 16.5. The molecule has 1 aromatic carbocycles. The Bertz CT molecular complexity index is 686. The van der Waals surface area contributed by atoms with Crippen LogP contribution >= 0.6 is 0 Å². The number of hydrogen-bond donors (Lipinski definition) is 2. The van der Waals surface area contributed by atoms with E-state index in [1.54, 1.807) is 42.7 Å². The van der Waals surface area contributed by atoms with Crippen molar-refractivity contribution in [2.24, 2.45) is 0 Å². The summed E-state index contributed by atoms with van der Waals surface area (Å²) in [4.78, 5) is 29.8. The first-order valence-corrected chi connectivity index (χ1v) is 6.38. The van der Waals surface area contributed by atoms with Gasteiger partial charge >= 0.3 is 12.0 Å². The lowest BCUT2D eigenvalue weighted by molar-refractivity contribution is -0.131. The van der Waals surface area contributed by atoms with Crippen molar-refractivity contribution in [2.45, 2.75) is 6.42 Å². The minimum atomic E-state index is -1.09. The summed E-state index contributed by atoms with van der Waals surface area (Å²) in [5.41, 5.74) is 0.530. The molecule has 0 aliphatic rings. The molecule has 1 aromatic heterocycles. The van der Waals surface area contributed by atoms with Gasteiger partial charge in [-0.3, -0.25) is 4.79 Å². The highest BCUT2D eigenvalue weighted by Gasteiger charge is 2.03. The van der Waals surface area contributed by atoms with Gasteiger partial charge in [0, 0.05) is 36.6 Å². The number of aromatic nitrogens is 2. The third kappa shape index (κ3) is 5.04. The smallest absolute Gasteiger partial charge is 0.327 e. The van der Waals surface area contributed by atoms with Gasteiger partial charge in [-0.15, -0.1) is 0 Å². The molecule has 22 heavy (non-hydrogen) atoms. The van der Waals surface area contributed by atoms with Gasteiger partial charge in [-0.05, 0) is 18.2 Å². The number of anilines is 1. The molecule has 0 aliphatic heterocycles. The maximum Gasteiger partial charge on any atom is 0.327 e. The number of nitrogens with zero attached hydrogens (tertiary/aromatic N) is 2. The fraction of sp³-hybridized carbons (Fsp3) is 0.0667. The molecule has 2 rings (SSSR count). The monoisotopic (exact) mass is 299 g/mol. The summed E-state index contributed by atoms with van der Waals surface area (Å²) in [7, 11) is 0. The molecule has 1 heterocycles. The van der Waals surface area contributed by atoms with Gasteiger partial charge in [0.25, 0.3) is 0 Å². The predicted molar refractivity (Wildman–Crippen MR) is 78.6 cm³/mol. The standard InChI is InChI=1S/C15H13N3O4/c19-13(6-2-7-14(20)21)18-11-4-1-5-12(10-11)22-15-16-8-3-9-17-15/h1-5,7-10H,6H2,(H,18,19)(H,20,21)/b7-2-. The second kappa shape index (κ2) is 7.53. The largest absolute Gasteiger partial charge is 0.478 e. The van der Waals surface area contributed by atoms with E-state index in [4.69, 9.17) is 9.84 Å². The Morgan fingerprint density at radius 3 is 2.73 bits per heavy atom. The van der Waals surface area contributed by atoms with Gasteiger partial charge in [-0.1, -0.05) is 12.1 Å². The van der Waals surface area contributed by atoms with E-state index in [9.17, 15) is 9.59 Å². The van der Waals surface area contributed by atoms with Crippen molar-refractivity contribution in [1.82, 2.24) is 9.97 Å². The van der Waals surface area contributed by atoms with Crippen LogP contribution in [0.5, 0.6) is 11.8 Å². The minimum Gasteiger partial charge on any atom is -0.478 e. The van der Waals surface area contributed by atoms with Crippen LogP contribution < -0.4 is 10.1 Å². The number of hydrogen-bond acceptors (Lipinski definition) is 5. The van der Waals surface area contributed by atoms with Crippen LogP contribution in [0, 0.1) is 0 Å². The topological polar surface area (TPSA) is 101 Å². The van der Waals surface area contributed by atoms with E-state index in [2.05, 4.69) is 15.3 Å². The Balaban J connectivity index is 1.96. The lowest BCUT2D eigenvalue weighted by Gasteiger charge is -2.07. The predicted octanol–water partition coefficient (Wildman–Crippen LogP) is 2.24. The number of carboxylic acids is 1. The van der Waals surface area contributed by atoms with Crippen LogP contribution in [0.15, 0.2) is 54.9 Å². The number of carboxylic acid groups (broad SMARTS) is 1. The van der Waals surface area contributed by atoms with Crippen molar-refractivity contribution in [2.75, 3.05) is 5.32 Å². The van der Waals surface area contributed by atoms with Crippen molar-refractivity contribution in [1.29, 1.82) is 0 Å². The SMILES string of the molecule is O=C(O)/C=C\CC(=O)Nc1cccc(Oc2ncccn2)c1. The van der Waals surface area contributed by atoms with Crippen molar-refractivity contribution < 1.29 is 19.4 Å². The first-order valence-electron chi connectivity index (χ1n) is 6.38. The summed E-state index contributed by atoms with van der Waals surface area (Å²) in [5, 5.41) is 11.1. The van der Waals surface area contributed by atoms with E-state index in [1.807, 2.05) is 0 Å². The zero-order chi connectivity index (χ0) is 15.8. The second-order valence-electron chi connectivity index (χ2n) is 4.15. The molecule has 1 amide bonds. The summed E-state index contributed by atoms with van der Waals surface area (Å²) in [5.74, 6) is -0.943. The first-order chi connectivity index (χ1) is 10.6. The molecule has 0 fully saturated rings. The van der Waals surface area contributed by atoms with Crippen molar-refractivity contribution in [3.05, 3.63) is 54.9 Å². The maximum absolute atomic E-state index is 11.6. The normalized spacial score (nSPS) is 10.4. The average Bonchev–Trinajstić information content (AvgIpc) is 2.48. The van der Waals surface area contributed by atoms with Gasteiger partial charge in [-0.25, -0.2) is 14.8 Å². The van der Waals surface area contributed by atoms with E-state index in [0.29, 0.717) is 11.4 Å². The molecule has 0 unspecified atom stereocenters. The van der Waals surface area contributed by atoms with E-state index < -0.39 is 5.97 Å². The van der Waals surface area contributed by atoms with E-state index >= 15 is 0 Å². The molecular formula is C15H13N3O4. The average molecular weight is 299 g/mol. The van der Waals surface area contributed by atoms with Crippen LogP contribution in [0.1, 0.15) is 6.42 Å². The molecular weight excluding hydrogens is 286 g/mol. The molecule has 0 saturated carbocycles. The Labute approximate surface area is 126 Å². The highest BCUT2D eigenvalue weighted by molar-refractivity contribution is 5.92. The molecule has 0 atom stereocenters. The highest BCUT2D eigenvalue weighted by Crippen LogP contribution is 2.21. The summed E-state index contributed by atoms with van der Waals surface area (Å²) >= 11 is 0. The zero-order valence-electron chi connectivity index (χ0n) is 11.5. The van der Waals surface area contributed by atoms with E-state index in [0.717, 1.165) is 6.08 Å². The Hall–Kier alpha value is -3.22. The van der Waals surface area contributed by atoms with Gasteiger partial charge in [0.2, 0.25) is 5.91 Å². The van der Waals surface area contributed by atoms with Crippen LogP contribution in [0.3, 0.4) is 0 Å². The summed E-state index contributed by atoms with van der Waals surface area (Å²) in [6, 6.07) is 8.60. The fourth-order valence-electron chi connectivity index (χ4n) is 1.56. The zero-order valence-corrected chi connectivity index (χ0v) is 11.5. The fourth-order valence-corrected chi connectivity index (χ4v) is 1.56. The van der Waals surface area contributed by atoms with Crippen molar-refractivity contribution in [3.8, 4) is 11.8 Å². The maximum atomic E-state index is 11.6. The summed E-state index contributed by atoms with van der Waals surface area (Å²) in [6.45, 7) is 0. The summed E-state index contributed by atoms with van der Waals surface area (Å²) < 4.78 is 5.45. The molecule has 0 saturated heterocycles. The van der Waals surface area contributed by atoms with Gasteiger partial charge in [0.15, 0.2) is 0 Å². The van der Waals surface area contributed by atoms with Gasteiger partial charge in [0.1, 0.15) is 5.75 Å². The molecule has 0 spiro atoms. The van der Waals surface area contributed by atoms with E-state index in [-0.39, 0.29) is 18.3 Å². The molecule has 7 nitrogen and oxygen atoms in total. The lowest BCUT2D eigenvalue weighted by atomic mass is 10.3. The van der Waals surface area contributed by atoms with Crippen LogP contribution in [-0.2, 0) is 9.59 Å².